The minimum atomic E-state index is -0.681. The quantitative estimate of drug-likeness (QED) is 0.842. The average molecular weight is 314 g/mol. The molecule has 2 N–H and O–H groups in total. The van der Waals surface area contributed by atoms with E-state index in [1.807, 2.05) is 39.8 Å². The number of hydrogen-bond acceptors (Lipinski definition) is 4. The zero-order valence-electron chi connectivity index (χ0n) is 13.1. The summed E-state index contributed by atoms with van der Waals surface area (Å²) < 4.78 is 5.88. The predicted octanol–water partition coefficient (Wildman–Crippen LogP) is 2.88. The van der Waals surface area contributed by atoms with Gasteiger partial charge in [-0.1, -0.05) is 13.8 Å². The number of aliphatic hydroxyl groups is 1. The molecular weight excluding hydrogens is 290 g/mol. The lowest BCUT2D eigenvalue weighted by atomic mass is 9.85. The number of halogens is 1. The molecule has 1 heterocycles. The van der Waals surface area contributed by atoms with Crippen LogP contribution in [0.15, 0.2) is 18.2 Å². The number of carbonyl (C=O) groups is 1. The molecule has 1 aromatic rings. The third kappa shape index (κ3) is 3.57. The minimum Gasteiger partial charge on any atom is -0.485 e. The van der Waals surface area contributed by atoms with Gasteiger partial charge < -0.3 is 15.2 Å². The maximum absolute atomic E-state index is 11.5. The second kappa shape index (κ2) is 6.34. The van der Waals surface area contributed by atoms with Crippen molar-refractivity contribution in [3.05, 3.63) is 29.3 Å². The number of ketones is 1. The van der Waals surface area contributed by atoms with Crippen molar-refractivity contribution in [1.29, 1.82) is 0 Å². The summed E-state index contributed by atoms with van der Waals surface area (Å²) in [5.41, 5.74) is 0.810. The van der Waals surface area contributed by atoms with Crippen LogP contribution in [0.2, 0.25) is 0 Å². The smallest absolute Gasteiger partial charge is 0.159 e. The zero-order chi connectivity index (χ0) is 15.1. The molecule has 118 valence electrons. The van der Waals surface area contributed by atoms with Gasteiger partial charge in [-0.3, -0.25) is 4.79 Å². The van der Waals surface area contributed by atoms with E-state index in [0.717, 1.165) is 11.3 Å². The van der Waals surface area contributed by atoms with Gasteiger partial charge in [-0.15, -0.1) is 12.4 Å². The summed E-state index contributed by atoms with van der Waals surface area (Å²) in [4.78, 5) is 11.5. The zero-order valence-corrected chi connectivity index (χ0v) is 14.0. The summed E-state index contributed by atoms with van der Waals surface area (Å²) >= 11 is 0. The van der Waals surface area contributed by atoms with E-state index in [1.165, 1.54) is 6.92 Å². The Bertz CT molecular complexity index is 528. The molecule has 0 aromatic heterocycles. The van der Waals surface area contributed by atoms with Crippen molar-refractivity contribution in [2.45, 2.75) is 58.4 Å². The Morgan fingerprint density at radius 3 is 2.52 bits per heavy atom. The third-order valence-electron chi connectivity index (χ3n) is 3.67. The molecule has 2 atom stereocenters. The second-order valence-electron chi connectivity index (χ2n) is 6.26. The molecular formula is C16H24ClNO3. The molecule has 1 aromatic carbocycles. The summed E-state index contributed by atoms with van der Waals surface area (Å²) in [6.45, 7) is 9.34. The Labute approximate surface area is 132 Å². The molecule has 0 radical (unpaired) electrons. The second-order valence-corrected chi connectivity index (χ2v) is 6.26. The Balaban J connectivity index is 0.00000220. The van der Waals surface area contributed by atoms with Crippen LogP contribution < -0.4 is 10.1 Å². The van der Waals surface area contributed by atoms with Crippen molar-refractivity contribution >= 4 is 18.2 Å². The van der Waals surface area contributed by atoms with Crippen LogP contribution in [0.5, 0.6) is 5.75 Å². The summed E-state index contributed by atoms with van der Waals surface area (Å²) in [6, 6.07) is 5.37. The van der Waals surface area contributed by atoms with Crippen molar-refractivity contribution < 1.29 is 14.6 Å². The first-order valence-corrected chi connectivity index (χ1v) is 7.00. The van der Waals surface area contributed by atoms with Gasteiger partial charge in [0.15, 0.2) is 5.78 Å². The molecule has 2 unspecified atom stereocenters. The molecule has 21 heavy (non-hydrogen) atoms. The van der Waals surface area contributed by atoms with Crippen molar-refractivity contribution in [1.82, 2.24) is 5.32 Å². The first kappa shape index (κ1) is 18.0. The largest absolute Gasteiger partial charge is 0.485 e. The van der Waals surface area contributed by atoms with Crippen LogP contribution >= 0.6 is 12.4 Å². The number of Topliss-reactive ketones (excluding diaryl/α,β-unsaturated/α-hetero) is 1. The van der Waals surface area contributed by atoms with Gasteiger partial charge in [-0.2, -0.15) is 0 Å². The van der Waals surface area contributed by atoms with Crippen LogP contribution in [0, 0.1) is 0 Å². The van der Waals surface area contributed by atoms with E-state index < -0.39 is 11.7 Å². The van der Waals surface area contributed by atoms with Crippen molar-refractivity contribution in [2.24, 2.45) is 0 Å². The van der Waals surface area contributed by atoms with Crippen molar-refractivity contribution in [3.63, 3.8) is 0 Å². The van der Waals surface area contributed by atoms with E-state index in [-0.39, 0.29) is 30.3 Å². The van der Waals surface area contributed by atoms with E-state index in [0.29, 0.717) is 5.56 Å². The predicted molar refractivity (Wildman–Crippen MR) is 85.4 cm³/mol. The number of fused-ring (bicyclic) bond motifs is 1. The van der Waals surface area contributed by atoms with E-state index in [4.69, 9.17) is 4.74 Å². The Morgan fingerprint density at radius 2 is 2.00 bits per heavy atom. The monoisotopic (exact) mass is 313 g/mol. The molecule has 0 bridgehead atoms. The van der Waals surface area contributed by atoms with Gasteiger partial charge >= 0.3 is 0 Å². The molecule has 0 spiro atoms. The lowest BCUT2D eigenvalue weighted by Crippen LogP contribution is -2.53. The topological polar surface area (TPSA) is 58.6 Å². The number of aliphatic hydroxyl groups excluding tert-OH is 1. The van der Waals surface area contributed by atoms with Crippen molar-refractivity contribution in [2.75, 3.05) is 0 Å². The summed E-state index contributed by atoms with van der Waals surface area (Å²) in [5, 5.41) is 13.9. The molecule has 1 aliphatic rings. The molecule has 0 aliphatic carbocycles. The van der Waals surface area contributed by atoms with Gasteiger partial charge in [-0.25, -0.2) is 0 Å². The number of carbonyl (C=O) groups excluding carboxylic acids is 1. The third-order valence-corrected chi connectivity index (χ3v) is 3.67. The molecule has 0 saturated carbocycles. The molecule has 1 aliphatic heterocycles. The number of benzene rings is 1. The molecule has 0 fully saturated rings. The fourth-order valence-electron chi connectivity index (χ4n) is 2.56. The Hall–Kier alpha value is -1.10. The van der Waals surface area contributed by atoms with Gasteiger partial charge in [0.25, 0.3) is 0 Å². The number of nitrogens with one attached hydrogen (secondary N) is 1. The van der Waals surface area contributed by atoms with E-state index in [2.05, 4.69) is 5.32 Å². The van der Waals surface area contributed by atoms with Gasteiger partial charge in [-0.05, 0) is 39.0 Å². The van der Waals surface area contributed by atoms with Gasteiger partial charge in [0.2, 0.25) is 0 Å². The van der Waals surface area contributed by atoms with Crippen molar-refractivity contribution in [3.8, 4) is 5.75 Å². The highest BCUT2D eigenvalue weighted by Crippen LogP contribution is 2.40. The molecule has 0 saturated heterocycles. The lowest BCUT2D eigenvalue weighted by Gasteiger charge is -2.43. The van der Waals surface area contributed by atoms with Crippen LogP contribution in [0.3, 0.4) is 0 Å². The number of ether oxygens (including phenoxy) is 1. The standard InChI is InChI=1S/C16H23NO3.ClH/c1-9(2)17-14-12-8-11(10(3)18)6-7-13(12)20-16(4,5)15(14)19;/h6-9,14-15,17,19H,1-5H3;1H. The van der Waals surface area contributed by atoms with E-state index >= 15 is 0 Å². The van der Waals surface area contributed by atoms with Crippen LogP contribution in [-0.4, -0.2) is 28.6 Å². The summed E-state index contributed by atoms with van der Waals surface area (Å²) in [6.07, 6.45) is -0.681. The van der Waals surface area contributed by atoms with Gasteiger partial charge in [0.05, 0.1) is 6.04 Å². The van der Waals surface area contributed by atoms with Gasteiger partial charge in [0, 0.05) is 17.2 Å². The normalized spacial score (nSPS) is 23.0. The van der Waals surface area contributed by atoms with Crippen LogP contribution in [0.4, 0.5) is 0 Å². The maximum Gasteiger partial charge on any atom is 0.159 e. The molecule has 4 nitrogen and oxygen atoms in total. The number of rotatable bonds is 3. The highest BCUT2D eigenvalue weighted by Gasteiger charge is 2.43. The molecule has 2 rings (SSSR count). The fraction of sp³-hybridized carbons (Fsp3) is 0.562. The molecule has 5 heteroatoms. The van der Waals surface area contributed by atoms with Crippen LogP contribution in [0.1, 0.15) is 56.6 Å². The lowest BCUT2D eigenvalue weighted by molar-refractivity contribution is -0.0658. The average Bonchev–Trinajstić information content (AvgIpc) is 2.33. The SMILES string of the molecule is CC(=O)c1ccc2c(c1)C(NC(C)C)C(O)C(C)(C)O2.Cl. The fourth-order valence-corrected chi connectivity index (χ4v) is 2.56. The van der Waals surface area contributed by atoms with Gasteiger partial charge in [0.1, 0.15) is 17.5 Å². The Kier molecular flexibility index (Phi) is 5.42. The van der Waals surface area contributed by atoms with E-state index in [1.54, 1.807) is 6.07 Å². The maximum atomic E-state index is 11.5. The highest BCUT2D eigenvalue weighted by atomic mass is 35.5. The minimum absolute atomic E-state index is 0. The van der Waals surface area contributed by atoms with Crippen LogP contribution in [0.25, 0.3) is 0 Å². The first-order chi connectivity index (χ1) is 9.22. The summed E-state index contributed by atoms with van der Waals surface area (Å²) in [7, 11) is 0. The summed E-state index contributed by atoms with van der Waals surface area (Å²) in [5.74, 6) is 0.735. The number of hydrogen-bond donors (Lipinski definition) is 2. The molecule has 0 amide bonds. The first-order valence-electron chi connectivity index (χ1n) is 7.00. The van der Waals surface area contributed by atoms with Crippen LogP contribution in [-0.2, 0) is 0 Å². The van der Waals surface area contributed by atoms with E-state index in [9.17, 15) is 9.90 Å². The highest BCUT2D eigenvalue weighted by molar-refractivity contribution is 5.94. The Morgan fingerprint density at radius 1 is 1.38 bits per heavy atom.